The summed E-state index contributed by atoms with van der Waals surface area (Å²) in [5.74, 6) is -0.326. The van der Waals surface area contributed by atoms with E-state index in [1.165, 1.54) is 0 Å². The zero-order chi connectivity index (χ0) is 24.1. The fourth-order valence-corrected chi connectivity index (χ4v) is 5.94. The standard InChI is InChI=1S/C21H31N3O4S4/c1-22(2)17-5-9-19(10-6-17)31(25,26)15-13-24(21(29)30)14-16-32(27,28)20-11-7-18(8-12-20)23(3)4/h5-12,21,29-30H,13-16H2,1-4H3. The summed E-state index contributed by atoms with van der Waals surface area (Å²) < 4.78 is 50.4. The predicted octanol–water partition coefficient (Wildman–Crippen LogP) is 2.51. The van der Waals surface area contributed by atoms with Crippen LogP contribution in [0.2, 0.25) is 0 Å². The van der Waals surface area contributed by atoms with Gasteiger partial charge >= 0.3 is 0 Å². The Bertz CT molecular complexity index is 997. The summed E-state index contributed by atoms with van der Waals surface area (Å²) in [6, 6.07) is 13.3. The molecule has 0 aliphatic carbocycles. The molecule has 2 rings (SSSR count). The van der Waals surface area contributed by atoms with E-state index >= 15 is 0 Å². The molecule has 0 N–H and O–H groups in total. The summed E-state index contributed by atoms with van der Waals surface area (Å²) in [6.45, 7) is 0.231. The Morgan fingerprint density at radius 2 is 0.969 bits per heavy atom. The Morgan fingerprint density at radius 3 is 1.22 bits per heavy atom. The van der Waals surface area contributed by atoms with Gasteiger partial charge in [0.1, 0.15) is 0 Å². The molecule has 2 aromatic rings. The number of thiol groups is 2. The topological polar surface area (TPSA) is 78.0 Å². The maximum Gasteiger partial charge on any atom is 0.179 e. The highest BCUT2D eigenvalue weighted by atomic mass is 32.2. The van der Waals surface area contributed by atoms with E-state index in [1.807, 2.05) is 38.0 Å². The third-order valence-electron chi connectivity index (χ3n) is 5.05. The van der Waals surface area contributed by atoms with E-state index in [4.69, 9.17) is 0 Å². The van der Waals surface area contributed by atoms with Gasteiger partial charge in [-0.05, 0) is 48.5 Å². The Kier molecular flexibility index (Phi) is 9.35. The maximum absolute atomic E-state index is 12.7. The first-order chi connectivity index (χ1) is 14.8. The minimum absolute atomic E-state index is 0.116. The van der Waals surface area contributed by atoms with E-state index in [0.717, 1.165) is 11.4 Å². The number of nitrogens with zero attached hydrogens (tertiary/aromatic N) is 3. The summed E-state index contributed by atoms with van der Waals surface area (Å²) in [5, 5.41) is 0. The molecule has 0 bridgehead atoms. The van der Waals surface area contributed by atoms with Crippen molar-refractivity contribution in [3.05, 3.63) is 48.5 Å². The Hall–Kier alpha value is -1.40. The van der Waals surface area contributed by atoms with Gasteiger partial charge in [-0.1, -0.05) is 0 Å². The summed E-state index contributed by atoms with van der Waals surface area (Å²) in [7, 11) is 0.457. The quantitative estimate of drug-likeness (QED) is 0.350. The number of benzene rings is 2. The number of hydrogen-bond acceptors (Lipinski definition) is 9. The van der Waals surface area contributed by atoms with Crippen molar-refractivity contribution in [1.29, 1.82) is 0 Å². The second kappa shape index (κ2) is 11.1. The molecule has 0 aromatic heterocycles. The molecule has 32 heavy (non-hydrogen) atoms. The highest BCUT2D eigenvalue weighted by molar-refractivity contribution is 7.99. The fraction of sp³-hybridized carbons (Fsp3) is 0.429. The van der Waals surface area contributed by atoms with Gasteiger partial charge in [0, 0.05) is 52.7 Å². The zero-order valence-corrected chi connectivity index (χ0v) is 22.1. The minimum Gasteiger partial charge on any atom is -0.378 e. The third kappa shape index (κ3) is 7.31. The molecule has 0 saturated carbocycles. The van der Waals surface area contributed by atoms with Crippen molar-refractivity contribution in [1.82, 2.24) is 4.90 Å². The largest absolute Gasteiger partial charge is 0.378 e. The maximum atomic E-state index is 12.7. The van der Waals surface area contributed by atoms with Gasteiger partial charge in [-0.25, -0.2) is 16.8 Å². The number of sulfone groups is 2. The van der Waals surface area contributed by atoms with Crippen LogP contribution in [0.15, 0.2) is 58.3 Å². The lowest BCUT2D eigenvalue weighted by Crippen LogP contribution is -2.36. The second-order valence-electron chi connectivity index (χ2n) is 7.80. The van der Waals surface area contributed by atoms with Crippen LogP contribution in [0, 0.1) is 0 Å². The predicted molar refractivity (Wildman–Crippen MR) is 139 cm³/mol. The molecule has 178 valence electrons. The lowest BCUT2D eigenvalue weighted by molar-refractivity contribution is 0.342. The van der Waals surface area contributed by atoms with Crippen LogP contribution in [0.25, 0.3) is 0 Å². The smallest absolute Gasteiger partial charge is 0.179 e. The molecule has 0 aliphatic heterocycles. The van der Waals surface area contributed by atoms with E-state index in [2.05, 4.69) is 25.3 Å². The molecular weight excluding hydrogens is 487 g/mol. The summed E-state index contributed by atoms with van der Waals surface area (Å²) >= 11 is 8.58. The van der Waals surface area contributed by atoms with Gasteiger partial charge in [-0.15, -0.1) is 25.3 Å². The average Bonchev–Trinajstić information content (AvgIpc) is 2.73. The molecule has 2 aromatic carbocycles. The first-order valence-corrected chi connectivity index (χ1v) is 14.3. The van der Waals surface area contributed by atoms with Crippen molar-refractivity contribution in [3.63, 3.8) is 0 Å². The molecule has 0 saturated heterocycles. The molecule has 0 fully saturated rings. The van der Waals surface area contributed by atoms with Crippen LogP contribution >= 0.6 is 25.3 Å². The van der Waals surface area contributed by atoms with E-state index in [-0.39, 0.29) is 34.4 Å². The molecule has 0 spiro atoms. The van der Waals surface area contributed by atoms with Crippen LogP contribution in [0.5, 0.6) is 0 Å². The molecule has 0 atom stereocenters. The highest BCUT2D eigenvalue weighted by Crippen LogP contribution is 2.20. The zero-order valence-electron chi connectivity index (χ0n) is 18.7. The molecular formula is C21H31N3O4S4. The SMILES string of the molecule is CN(C)c1ccc(S(=O)(=O)CCN(CCS(=O)(=O)c2ccc(N(C)C)cc2)C(S)S)cc1. The fourth-order valence-electron chi connectivity index (χ4n) is 2.96. The average molecular weight is 518 g/mol. The van der Waals surface area contributed by atoms with Crippen molar-refractivity contribution in [2.24, 2.45) is 0 Å². The van der Waals surface area contributed by atoms with Crippen molar-refractivity contribution in [2.75, 3.05) is 62.6 Å². The molecule has 11 heteroatoms. The molecule has 0 amide bonds. The van der Waals surface area contributed by atoms with Gasteiger partial charge in [-0.2, -0.15) is 0 Å². The number of anilines is 2. The van der Waals surface area contributed by atoms with Crippen molar-refractivity contribution < 1.29 is 16.8 Å². The lowest BCUT2D eigenvalue weighted by atomic mass is 10.3. The van der Waals surface area contributed by atoms with Crippen LogP contribution in [0.3, 0.4) is 0 Å². The second-order valence-corrected chi connectivity index (χ2v) is 13.4. The van der Waals surface area contributed by atoms with Gasteiger partial charge < -0.3 is 9.80 Å². The molecule has 7 nitrogen and oxygen atoms in total. The van der Waals surface area contributed by atoms with Crippen LogP contribution in [-0.2, 0) is 19.7 Å². The Morgan fingerprint density at radius 1 is 0.656 bits per heavy atom. The Balaban J connectivity index is 2.04. The minimum atomic E-state index is -3.53. The highest BCUT2D eigenvalue weighted by Gasteiger charge is 2.22. The summed E-state index contributed by atoms with van der Waals surface area (Å²) in [6.07, 6.45) is 0. The lowest BCUT2D eigenvalue weighted by Gasteiger charge is -2.25. The summed E-state index contributed by atoms with van der Waals surface area (Å²) in [5.41, 5.74) is 1.81. The van der Waals surface area contributed by atoms with Crippen LogP contribution in [0.4, 0.5) is 11.4 Å². The third-order valence-corrected chi connectivity index (χ3v) is 9.12. The van der Waals surface area contributed by atoms with E-state index in [0.29, 0.717) is 0 Å². The molecule has 0 aliphatic rings. The monoisotopic (exact) mass is 517 g/mol. The Labute approximate surface area is 203 Å². The number of rotatable bonds is 11. The molecule has 0 unspecified atom stereocenters. The van der Waals surface area contributed by atoms with Gasteiger partial charge in [0.2, 0.25) is 0 Å². The first kappa shape index (κ1) is 26.8. The van der Waals surface area contributed by atoms with Gasteiger partial charge in [-0.3, -0.25) is 4.90 Å². The van der Waals surface area contributed by atoms with E-state index < -0.39 is 24.4 Å². The normalized spacial score (nSPS) is 12.4. The molecule has 0 heterocycles. The summed E-state index contributed by atoms with van der Waals surface area (Å²) in [4.78, 5) is 5.86. The van der Waals surface area contributed by atoms with Crippen LogP contribution < -0.4 is 9.80 Å². The van der Waals surface area contributed by atoms with Crippen LogP contribution in [0.1, 0.15) is 0 Å². The van der Waals surface area contributed by atoms with Gasteiger partial charge in [0.15, 0.2) is 19.7 Å². The molecule has 0 radical (unpaired) electrons. The van der Waals surface area contributed by atoms with Crippen LogP contribution in [-0.4, -0.2) is 79.2 Å². The van der Waals surface area contributed by atoms with Crippen molar-refractivity contribution in [3.8, 4) is 0 Å². The van der Waals surface area contributed by atoms with E-state index in [1.54, 1.807) is 53.4 Å². The number of hydrogen-bond donors (Lipinski definition) is 2. The first-order valence-electron chi connectivity index (χ1n) is 9.94. The van der Waals surface area contributed by atoms with Crippen molar-refractivity contribution >= 4 is 56.3 Å². The van der Waals surface area contributed by atoms with E-state index in [9.17, 15) is 16.8 Å². The van der Waals surface area contributed by atoms with Gasteiger partial charge in [0.25, 0.3) is 0 Å². The van der Waals surface area contributed by atoms with Crippen molar-refractivity contribution in [2.45, 2.75) is 14.5 Å². The van der Waals surface area contributed by atoms with Gasteiger partial charge in [0.05, 0.1) is 26.0 Å².